The molecule has 0 radical (unpaired) electrons. The number of nitrogens with one attached hydrogen (secondary N) is 2. The van der Waals surface area contributed by atoms with Crippen LogP contribution in [0.1, 0.15) is 20.7 Å². The van der Waals surface area contributed by atoms with Crippen LogP contribution < -0.4 is 10.6 Å². The zero-order chi connectivity index (χ0) is 15.4. The highest BCUT2D eigenvalue weighted by molar-refractivity contribution is 6.09. The SMILES string of the molecule is CNC(=O)c1ccccc1NC(=O)c1c(F)cccc1F. The molecule has 2 N–H and O–H groups in total. The lowest BCUT2D eigenvalue weighted by molar-refractivity contribution is 0.0964. The highest BCUT2D eigenvalue weighted by atomic mass is 19.1. The van der Waals surface area contributed by atoms with E-state index < -0.39 is 29.0 Å². The van der Waals surface area contributed by atoms with Crippen LogP contribution in [-0.2, 0) is 0 Å². The number of halogens is 2. The molecule has 0 aliphatic heterocycles. The Morgan fingerprint density at radius 2 is 1.52 bits per heavy atom. The Balaban J connectivity index is 2.35. The van der Waals surface area contributed by atoms with Crippen LogP contribution >= 0.6 is 0 Å². The number of para-hydroxylation sites is 1. The molecule has 0 aromatic heterocycles. The average Bonchev–Trinajstić information content (AvgIpc) is 2.47. The van der Waals surface area contributed by atoms with Crippen LogP contribution in [0.2, 0.25) is 0 Å². The minimum atomic E-state index is -0.968. The van der Waals surface area contributed by atoms with E-state index in [4.69, 9.17) is 0 Å². The second-order valence-corrected chi connectivity index (χ2v) is 4.18. The summed E-state index contributed by atoms with van der Waals surface area (Å²) in [5, 5.41) is 4.76. The van der Waals surface area contributed by atoms with Gasteiger partial charge < -0.3 is 10.6 Å². The van der Waals surface area contributed by atoms with Crippen molar-refractivity contribution in [2.75, 3.05) is 12.4 Å². The molecule has 2 aromatic carbocycles. The molecule has 6 heteroatoms. The van der Waals surface area contributed by atoms with Crippen molar-refractivity contribution in [2.45, 2.75) is 0 Å². The van der Waals surface area contributed by atoms with Crippen molar-refractivity contribution in [2.24, 2.45) is 0 Å². The molecule has 0 heterocycles. The van der Waals surface area contributed by atoms with E-state index in [1.807, 2.05) is 0 Å². The lowest BCUT2D eigenvalue weighted by Crippen LogP contribution is -2.22. The number of rotatable bonds is 3. The first-order chi connectivity index (χ1) is 10.0. The minimum absolute atomic E-state index is 0.171. The smallest absolute Gasteiger partial charge is 0.261 e. The largest absolute Gasteiger partial charge is 0.355 e. The quantitative estimate of drug-likeness (QED) is 0.912. The van der Waals surface area contributed by atoms with Crippen molar-refractivity contribution in [1.82, 2.24) is 5.32 Å². The van der Waals surface area contributed by atoms with E-state index in [1.165, 1.54) is 25.2 Å². The normalized spacial score (nSPS) is 10.0. The molecule has 21 heavy (non-hydrogen) atoms. The molecule has 2 rings (SSSR count). The fourth-order valence-electron chi connectivity index (χ4n) is 1.82. The molecule has 0 unspecified atom stereocenters. The number of hydrogen-bond acceptors (Lipinski definition) is 2. The van der Waals surface area contributed by atoms with Gasteiger partial charge in [-0.2, -0.15) is 0 Å². The maximum atomic E-state index is 13.5. The molecule has 0 aliphatic rings. The molecular formula is C15H12F2N2O2. The molecule has 0 saturated heterocycles. The summed E-state index contributed by atoms with van der Waals surface area (Å²) in [6.45, 7) is 0. The van der Waals surface area contributed by atoms with Gasteiger partial charge in [0.25, 0.3) is 11.8 Å². The van der Waals surface area contributed by atoms with Gasteiger partial charge in [0.15, 0.2) is 0 Å². The highest BCUT2D eigenvalue weighted by Gasteiger charge is 2.19. The van der Waals surface area contributed by atoms with E-state index in [9.17, 15) is 18.4 Å². The minimum Gasteiger partial charge on any atom is -0.355 e. The van der Waals surface area contributed by atoms with E-state index in [1.54, 1.807) is 12.1 Å². The summed E-state index contributed by atoms with van der Waals surface area (Å²) in [6, 6.07) is 9.32. The van der Waals surface area contributed by atoms with Crippen molar-refractivity contribution in [3.05, 3.63) is 65.2 Å². The van der Waals surface area contributed by atoms with E-state index in [0.29, 0.717) is 0 Å². The van der Waals surface area contributed by atoms with Gasteiger partial charge in [-0.1, -0.05) is 18.2 Å². The summed E-state index contributed by atoms with van der Waals surface area (Å²) in [5.41, 5.74) is -0.321. The Morgan fingerprint density at radius 3 is 2.14 bits per heavy atom. The van der Waals surface area contributed by atoms with Crippen LogP contribution in [0.25, 0.3) is 0 Å². The third-order valence-corrected chi connectivity index (χ3v) is 2.84. The van der Waals surface area contributed by atoms with Crippen LogP contribution in [0.5, 0.6) is 0 Å². The summed E-state index contributed by atoms with van der Waals surface area (Å²) in [5.74, 6) is -3.31. The van der Waals surface area contributed by atoms with Gasteiger partial charge in [0.2, 0.25) is 0 Å². The summed E-state index contributed by atoms with van der Waals surface area (Å²) in [4.78, 5) is 23.7. The maximum Gasteiger partial charge on any atom is 0.261 e. The second-order valence-electron chi connectivity index (χ2n) is 4.18. The molecule has 0 spiro atoms. The standard InChI is InChI=1S/C15H12F2N2O2/c1-18-14(20)9-5-2-3-8-12(9)19-15(21)13-10(16)6-4-7-11(13)17/h2-8H,1H3,(H,18,20)(H,19,21). The number of carbonyl (C=O) groups excluding carboxylic acids is 2. The third-order valence-electron chi connectivity index (χ3n) is 2.84. The maximum absolute atomic E-state index is 13.5. The van der Waals surface area contributed by atoms with E-state index in [2.05, 4.69) is 10.6 Å². The fourth-order valence-corrected chi connectivity index (χ4v) is 1.82. The molecule has 2 amide bonds. The molecular weight excluding hydrogens is 278 g/mol. The average molecular weight is 290 g/mol. The van der Waals surface area contributed by atoms with Gasteiger partial charge in [-0.15, -0.1) is 0 Å². The van der Waals surface area contributed by atoms with Gasteiger partial charge in [-0.3, -0.25) is 9.59 Å². The van der Waals surface area contributed by atoms with Crippen LogP contribution in [0.4, 0.5) is 14.5 Å². The van der Waals surface area contributed by atoms with Gasteiger partial charge in [0, 0.05) is 7.05 Å². The Morgan fingerprint density at radius 1 is 0.905 bits per heavy atom. The van der Waals surface area contributed by atoms with Crippen LogP contribution in [0, 0.1) is 11.6 Å². The molecule has 108 valence electrons. The zero-order valence-corrected chi connectivity index (χ0v) is 11.1. The summed E-state index contributed by atoms with van der Waals surface area (Å²) in [6.07, 6.45) is 0. The molecule has 0 aliphatic carbocycles. The lowest BCUT2D eigenvalue weighted by atomic mass is 10.1. The summed E-state index contributed by atoms with van der Waals surface area (Å²) in [7, 11) is 1.44. The highest BCUT2D eigenvalue weighted by Crippen LogP contribution is 2.18. The summed E-state index contributed by atoms with van der Waals surface area (Å²) < 4.78 is 27.1. The summed E-state index contributed by atoms with van der Waals surface area (Å²) >= 11 is 0. The first-order valence-corrected chi connectivity index (χ1v) is 6.11. The first-order valence-electron chi connectivity index (χ1n) is 6.11. The third kappa shape index (κ3) is 3.05. The Kier molecular flexibility index (Phi) is 4.27. The second kappa shape index (κ2) is 6.13. The van der Waals surface area contributed by atoms with Crippen molar-refractivity contribution in [3.63, 3.8) is 0 Å². The van der Waals surface area contributed by atoms with Crippen LogP contribution in [-0.4, -0.2) is 18.9 Å². The molecule has 0 bridgehead atoms. The predicted octanol–water partition coefficient (Wildman–Crippen LogP) is 2.58. The number of carbonyl (C=O) groups is 2. The van der Waals surface area contributed by atoms with E-state index in [0.717, 1.165) is 12.1 Å². The van der Waals surface area contributed by atoms with Gasteiger partial charge >= 0.3 is 0 Å². The number of amides is 2. The Bertz CT molecular complexity index is 682. The number of anilines is 1. The number of benzene rings is 2. The first kappa shape index (κ1) is 14.6. The number of hydrogen-bond donors (Lipinski definition) is 2. The predicted molar refractivity (Wildman–Crippen MR) is 74.1 cm³/mol. The molecule has 4 nitrogen and oxygen atoms in total. The van der Waals surface area contributed by atoms with Gasteiger partial charge in [-0.05, 0) is 24.3 Å². The van der Waals surface area contributed by atoms with E-state index in [-0.39, 0.29) is 11.3 Å². The Hall–Kier alpha value is -2.76. The van der Waals surface area contributed by atoms with Crippen molar-refractivity contribution in [3.8, 4) is 0 Å². The van der Waals surface area contributed by atoms with E-state index >= 15 is 0 Å². The zero-order valence-electron chi connectivity index (χ0n) is 11.1. The topological polar surface area (TPSA) is 58.2 Å². The fraction of sp³-hybridized carbons (Fsp3) is 0.0667. The van der Waals surface area contributed by atoms with Crippen molar-refractivity contribution >= 4 is 17.5 Å². The van der Waals surface area contributed by atoms with Crippen molar-refractivity contribution in [1.29, 1.82) is 0 Å². The van der Waals surface area contributed by atoms with Gasteiger partial charge in [0.1, 0.15) is 17.2 Å². The van der Waals surface area contributed by atoms with Gasteiger partial charge in [0.05, 0.1) is 11.3 Å². The lowest BCUT2D eigenvalue weighted by Gasteiger charge is -2.10. The van der Waals surface area contributed by atoms with Gasteiger partial charge in [-0.25, -0.2) is 8.78 Å². The molecule has 2 aromatic rings. The molecule has 0 atom stereocenters. The van der Waals surface area contributed by atoms with Crippen LogP contribution in [0.15, 0.2) is 42.5 Å². The molecule has 0 fully saturated rings. The van der Waals surface area contributed by atoms with Crippen LogP contribution in [0.3, 0.4) is 0 Å². The molecule has 0 saturated carbocycles. The Labute approximate surface area is 119 Å². The van der Waals surface area contributed by atoms with Crippen molar-refractivity contribution < 1.29 is 18.4 Å². The monoisotopic (exact) mass is 290 g/mol.